The number of rotatable bonds is 7. The summed E-state index contributed by atoms with van der Waals surface area (Å²) in [6.07, 6.45) is -6.69. The number of hydrogen-bond donors (Lipinski definition) is 1. The second-order valence-electron chi connectivity index (χ2n) is 10.3. The molecule has 4 nitrogen and oxygen atoms in total. The SMILES string of the molecule is CC.CC1(COc2cc(F)c(C(N)=O)cc2C2CC2)CCN(Cc2cc(C(F)(F)F)ccc2C(F)(F)F)CC1. The molecule has 2 aliphatic rings. The molecular formula is C28H33F7N2O2. The standard InChI is InChI=1S/C26H27F7N2O2.C2H6/c1-24(14-37-22-12-21(27)19(23(34)36)11-18(22)15-2-3-15)6-8-35(9-7-24)13-16-10-17(25(28,29)30)4-5-20(16)26(31,32)33;1-2/h4-5,10-12,15H,2-3,6-9,13-14H2,1H3,(H2,34,36);1-2H3. The number of likely N-dealkylation sites (tertiary alicyclic amines) is 1. The molecule has 2 N–H and O–H groups in total. The summed E-state index contributed by atoms with van der Waals surface area (Å²) in [5.74, 6) is -1.13. The molecule has 2 aromatic carbocycles. The molecule has 0 spiro atoms. The van der Waals surface area contributed by atoms with Crippen LogP contribution in [-0.2, 0) is 18.9 Å². The summed E-state index contributed by atoms with van der Waals surface area (Å²) >= 11 is 0. The molecule has 0 unspecified atom stereocenters. The van der Waals surface area contributed by atoms with E-state index in [1.54, 1.807) is 4.90 Å². The maximum Gasteiger partial charge on any atom is 0.416 e. The van der Waals surface area contributed by atoms with Gasteiger partial charge in [-0.2, -0.15) is 26.3 Å². The molecule has 2 fully saturated rings. The van der Waals surface area contributed by atoms with Crippen LogP contribution in [0.3, 0.4) is 0 Å². The van der Waals surface area contributed by atoms with E-state index in [1.807, 2.05) is 20.8 Å². The number of nitrogens with two attached hydrogens (primary N) is 1. The van der Waals surface area contributed by atoms with Crippen molar-refractivity contribution in [3.8, 4) is 5.75 Å². The number of carbonyl (C=O) groups excluding carboxylic acids is 1. The van der Waals surface area contributed by atoms with Crippen LogP contribution in [-0.4, -0.2) is 30.5 Å². The van der Waals surface area contributed by atoms with E-state index in [4.69, 9.17) is 10.5 Å². The van der Waals surface area contributed by atoms with Crippen LogP contribution in [0.15, 0.2) is 30.3 Å². The molecule has 2 aromatic rings. The van der Waals surface area contributed by atoms with Crippen LogP contribution in [0.5, 0.6) is 5.75 Å². The lowest BCUT2D eigenvalue weighted by Gasteiger charge is -2.39. The van der Waals surface area contributed by atoms with Gasteiger partial charge in [0.25, 0.3) is 5.91 Å². The van der Waals surface area contributed by atoms with Gasteiger partial charge in [-0.05, 0) is 80.1 Å². The Kier molecular flexibility index (Phi) is 9.24. The van der Waals surface area contributed by atoms with E-state index in [-0.39, 0.29) is 30.0 Å². The predicted octanol–water partition coefficient (Wildman–Crippen LogP) is 7.55. The zero-order valence-electron chi connectivity index (χ0n) is 22.1. The fourth-order valence-corrected chi connectivity index (χ4v) is 4.66. The minimum absolute atomic E-state index is 0.165. The van der Waals surface area contributed by atoms with Gasteiger partial charge in [0.15, 0.2) is 0 Å². The maximum absolute atomic E-state index is 14.4. The molecule has 0 aromatic heterocycles. The highest BCUT2D eigenvalue weighted by Gasteiger charge is 2.38. The Labute approximate surface area is 223 Å². The normalized spacial score (nSPS) is 17.8. The third-order valence-electron chi connectivity index (χ3n) is 7.15. The highest BCUT2D eigenvalue weighted by Crippen LogP contribution is 2.46. The van der Waals surface area contributed by atoms with Gasteiger partial charge in [-0.1, -0.05) is 20.8 Å². The van der Waals surface area contributed by atoms with Crippen molar-refractivity contribution in [1.29, 1.82) is 0 Å². The zero-order chi connectivity index (χ0) is 29.2. The summed E-state index contributed by atoms with van der Waals surface area (Å²) in [7, 11) is 0. The summed E-state index contributed by atoms with van der Waals surface area (Å²) in [5.41, 5.74) is 2.79. The van der Waals surface area contributed by atoms with E-state index in [9.17, 15) is 35.5 Å². The summed E-state index contributed by atoms with van der Waals surface area (Å²) in [4.78, 5) is 13.2. The van der Waals surface area contributed by atoms with Gasteiger partial charge in [0.1, 0.15) is 11.6 Å². The average molecular weight is 563 g/mol. The summed E-state index contributed by atoms with van der Waals surface area (Å²) in [6.45, 7) is 6.62. The lowest BCUT2D eigenvalue weighted by molar-refractivity contribution is -0.142. The molecular weight excluding hydrogens is 529 g/mol. The Morgan fingerprint density at radius 1 is 1.03 bits per heavy atom. The highest BCUT2D eigenvalue weighted by atomic mass is 19.4. The van der Waals surface area contributed by atoms with Gasteiger partial charge in [0, 0.05) is 18.0 Å². The molecule has 1 amide bonds. The van der Waals surface area contributed by atoms with Gasteiger partial charge in [-0.3, -0.25) is 9.69 Å². The lowest BCUT2D eigenvalue weighted by atomic mass is 9.81. The van der Waals surface area contributed by atoms with E-state index in [0.717, 1.165) is 18.4 Å². The van der Waals surface area contributed by atoms with E-state index in [1.165, 1.54) is 12.1 Å². The van der Waals surface area contributed by atoms with Crippen LogP contribution in [0.4, 0.5) is 30.7 Å². The number of alkyl halides is 6. The first-order valence-corrected chi connectivity index (χ1v) is 12.9. The molecule has 1 aliphatic heterocycles. The minimum Gasteiger partial charge on any atom is -0.493 e. The van der Waals surface area contributed by atoms with E-state index >= 15 is 0 Å². The molecule has 1 saturated heterocycles. The second kappa shape index (κ2) is 11.7. The van der Waals surface area contributed by atoms with Crippen LogP contribution in [0, 0.1) is 11.2 Å². The third-order valence-corrected chi connectivity index (χ3v) is 7.15. The number of piperidine rings is 1. The number of carbonyl (C=O) groups is 1. The average Bonchev–Trinajstić information content (AvgIpc) is 3.70. The topological polar surface area (TPSA) is 55.6 Å². The van der Waals surface area contributed by atoms with Crippen molar-refractivity contribution in [2.45, 2.75) is 71.3 Å². The van der Waals surface area contributed by atoms with E-state index in [0.29, 0.717) is 49.9 Å². The summed E-state index contributed by atoms with van der Waals surface area (Å²) in [6, 6.07) is 4.11. The molecule has 1 heterocycles. The number of primary amides is 1. The Morgan fingerprint density at radius 2 is 1.64 bits per heavy atom. The molecule has 1 saturated carbocycles. The Morgan fingerprint density at radius 3 is 2.15 bits per heavy atom. The smallest absolute Gasteiger partial charge is 0.416 e. The van der Waals surface area contributed by atoms with E-state index in [2.05, 4.69) is 0 Å². The fourth-order valence-electron chi connectivity index (χ4n) is 4.66. The zero-order valence-corrected chi connectivity index (χ0v) is 22.1. The molecule has 39 heavy (non-hydrogen) atoms. The molecule has 11 heteroatoms. The lowest BCUT2D eigenvalue weighted by Crippen LogP contribution is -2.41. The molecule has 0 radical (unpaired) electrons. The molecule has 0 bridgehead atoms. The van der Waals surface area contributed by atoms with Crippen molar-refractivity contribution in [1.82, 2.24) is 4.90 Å². The molecule has 1 aliphatic carbocycles. The van der Waals surface area contributed by atoms with Gasteiger partial charge in [0.05, 0.1) is 23.3 Å². The van der Waals surface area contributed by atoms with Crippen molar-refractivity contribution in [2.24, 2.45) is 11.1 Å². The van der Waals surface area contributed by atoms with Gasteiger partial charge in [-0.25, -0.2) is 4.39 Å². The number of nitrogens with zero attached hydrogens (tertiary/aromatic N) is 1. The van der Waals surface area contributed by atoms with Crippen LogP contribution in [0.1, 0.15) is 85.0 Å². The number of halogens is 7. The largest absolute Gasteiger partial charge is 0.493 e. The third kappa shape index (κ3) is 7.64. The monoisotopic (exact) mass is 562 g/mol. The molecule has 4 rings (SSSR count). The number of hydrogen-bond acceptors (Lipinski definition) is 3. The Balaban J connectivity index is 0.00000205. The number of ether oxygens (including phenoxy) is 1. The van der Waals surface area contributed by atoms with Crippen molar-refractivity contribution >= 4 is 5.91 Å². The van der Waals surface area contributed by atoms with Gasteiger partial charge in [0.2, 0.25) is 0 Å². The second-order valence-corrected chi connectivity index (χ2v) is 10.3. The van der Waals surface area contributed by atoms with Crippen molar-refractivity contribution < 1.29 is 40.3 Å². The fraction of sp³-hybridized carbons (Fsp3) is 0.536. The van der Waals surface area contributed by atoms with Crippen molar-refractivity contribution in [3.05, 3.63) is 64.0 Å². The quantitative estimate of drug-likeness (QED) is 0.355. The first-order chi connectivity index (χ1) is 18.2. The molecule has 216 valence electrons. The first kappa shape index (κ1) is 30.7. The number of amides is 1. The van der Waals surface area contributed by atoms with Crippen LogP contribution < -0.4 is 10.5 Å². The Hall–Kier alpha value is -2.82. The Bertz CT molecular complexity index is 1170. The predicted molar refractivity (Wildman–Crippen MR) is 133 cm³/mol. The summed E-state index contributed by atoms with van der Waals surface area (Å²) < 4.78 is 100. The van der Waals surface area contributed by atoms with Crippen LogP contribution >= 0.6 is 0 Å². The van der Waals surface area contributed by atoms with E-state index < -0.39 is 40.8 Å². The van der Waals surface area contributed by atoms with Gasteiger partial charge in [-0.15, -0.1) is 0 Å². The molecule has 0 atom stereocenters. The highest BCUT2D eigenvalue weighted by molar-refractivity contribution is 5.93. The van der Waals surface area contributed by atoms with Gasteiger partial charge < -0.3 is 10.5 Å². The minimum atomic E-state index is -4.77. The van der Waals surface area contributed by atoms with Crippen LogP contribution in [0.25, 0.3) is 0 Å². The van der Waals surface area contributed by atoms with Gasteiger partial charge >= 0.3 is 12.4 Å². The van der Waals surface area contributed by atoms with Crippen molar-refractivity contribution in [3.63, 3.8) is 0 Å². The maximum atomic E-state index is 14.4. The number of benzene rings is 2. The first-order valence-electron chi connectivity index (χ1n) is 12.9. The summed E-state index contributed by atoms with van der Waals surface area (Å²) in [5, 5.41) is 0. The van der Waals surface area contributed by atoms with Crippen LogP contribution in [0.2, 0.25) is 0 Å². The van der Waals surface area contributed by atoms with Crippen molar-refractivity contribution in [2.75, 3.05) is 19.7 Å².